The van der Waals surface area contributed by atoms with Gasteiger partial charge in [0, 0.05) is 5.02 Å². The molecule has 1 aliphatic heterocycles. The number of nitrogens with zero attached hydrogens (tertiary/aromatic N) is 1. The second-order valence-corrected chi connectivity index (χ2v) is 10.1. The number of halogens is 1. The summed E-state index contributed by atoms with van der Waals surface area (Å²) in [6.45, 7) is 0. The Bertz CT molecular complexity index is 1440. The molecule has 0 fully saturated rings. The molecule has 0 saturated heterocycles. The molecular weight excluding hydrogens is 468 g/mol. The summed E-state index contributed by atoms with van der Waals surface area (Å²) in [5.74, 6) is -0.309. The van der Waals surface area contributed by atoms with E-state index in [9.17, 15) is 13.2 Å². The summed E-state index contributed by atoms with van der Waals surface area (Å²) in [4.78, 5) is 15.8. The van der Waals surface area contributed by atoms with E-state index in [0.29, 0.717) is 5.02 Å². The largest absolute Gasteiger partial charge is 0.279 e. The van der Waals surface area contributed by atoms with E-state index in [-0.39, 0.29) is 22.1 Å². The van der Waals surface area contributed by atoms with Crippen LogP contribution in [-0.2, 0) is 22.9 Å². The third-order valence-electron chi connectivity index (χ3n) is 5.86. The van der Waals surface area contributed by atoms with Crippen LogP contribution in [0.4, 0.5) is 17.1 Å². The van der Waals surface area contributed by atoms with Crippen molar-refractivity contribution in [2.45, 2.75) is 17.7 Å². The van der Waals surface area contributed by atoms with Crippen molar-refractivity contribution in [3.8, 4) is 0 Å². The van der Waals surface area contributed by atoms with Gasteiger partial charge in [-0.2, -0.15) is 0 Å². The summed E-state index contributed by atoms with van der Waals surface area (Å²) in [6, 6.07) is 28.2. The van der Waals surface area contributed by atoms with Crippen molar-refractivity contribution >= 4 is 44.6 Å². The van der Waals surface area contributed by atoms with E-state index >= 15 is 0 Å². The molecule has 0 spiro atoms. The number of anilines is 3. The van der Waals surface area contributed by atoms with Crippen molar-refractivity contribution in [3.05, 3.63) is 119 Å². The average Bonchev–Trinajstić information content (AvgIpc) is 3.01. The fourth-order valence-corrected chi connectivity index (χ4v) is 5.40. The van der Waals surface area contributed by atoms with Crippen LogP contribution in [0.2, 0.25) is 5.02 Å². The number of sulfonamides is 1. The molecule has 4 aromatic rings. The third kappa shape index (κ3) is 4.18. The molecule has 1 amide bonds. The summed E-state index contributed by atoms with van der Waals surface area (Å²) < 4.78 is 28.7. The Morgan fingerprint density at radius 1 is 0.735 bits per heavy atom. The lowest BCUT2D eigenvalue weighted by atomic mass is 10.0. The van der Waals surface area contributed by atoms with Crippen molar-refractivity contribution in [2.75, 3.05) is 9.62 Å². The number of hydrogen-bond donors (Lipinski definition) is 1. The molecule has 1 N–H and O–H groups in total. The van der Waals surface area contributed by atoms with Gasteiger partial charge >= 0.3 is 0 Å². The monoisotopic (exact) mass is 488 g/mol. The van der Waals surface area contributed by atoms with Crippen LogP contribution in [0.5, 0.6) is 0 Å². The summed E-state index contributed by atoms with van der Waals surface area (Å²) in [6.07, 6.45) is 1.61. The van der Waals surface area contributed by atoms with Crippen LogP contribution >= 0.6 is 11.6 Å². The van der Waals surface area contributed by atoms with Gasteiger partial charge in [-0.1, -0.05) is 60.1 Å². The first-order chi connectivity index (χ1) is 16.4. The smallest absolute Gasteiger partial charge is 0.264 e. The van der Waals surface area contributed by atoms with E-state index in [2.05, 4.69) is 4.72 Å². The normalized spacial score (nSPS) is 12.9. The number of fused-ring (bicyclic) bond motifs is 2. The van der Waals surface area contributed by atoms with Crippen LogP contribution in [0.1, 0.15) is 21.5 Å². The van der Waals surface area contributed by atoms with Gasteiger partial charge in [-0.15, -0.1) is 0 Å². The lowest BCUT2D eigenvalue weighted by molar-refractivity contribution is 0.1000. The minimum Gasteiger partial charge on any atom is -0.279 e. The van der Waals surface area contributed by atoms with E-state index in [1.807, 2.05) is 48.5 Å². The summed E-state index contributed by atoms with van der Waals surface area (Å²) >= 11 is 5.91. The molecule has 0 bridgehead atoms. The quantitative estimate of drug-likeness (QED) is 0.371. The average molecular weight is 489 g/mol. The molecule has 0 saturated carbocycles. The van der Waals surface area contributed by atoms with E-state index in [1.165, 1.54) is 24.3 Å². The number of hydrogen-bond acceptors (Lipinski definition) is 3. The molecule has 1 heterocycles. The van der Waals surface area contributed by atoms with E-state index in [4.69, 9.17) is 11.6 Å². The molecular formula is C27H21ClN2O3S. The molecule has 7 heteroatoms. The minimum absolute atomic E-state index is 0.0598. The van der Waals surface area contributed by atoms with Gasteiger partial charge in [-0.25, -0.2) is 8.42 Å². The maximum Gasteiger partial charge on any atom is 0.264 e. The second-order valence-electron chi connectivity index (χ2n) is 8.00. The van der Waals surface area contributed by atoms with Gasteiger partial charge in [0.25, 0.3) is 15.9 Å². The highest BCUT2D eigenvalue weighted by Gasteiger charge is 2.28. The van der Waals surface area contributed by atoms with Gasteiger partial charge in [0.05, 0.1) is 27.5 Å². The minimum atomic E-state index is -3.92. The third-order valence-corrected chi connectivity index (χ3v) is 7.49. The van der Waals surface area contributed by atoms with Crippen LogP contribution in [0, 0.1) is 0 Å². The first-order valence-corrected chi connectivity index (χ1v) is 12.7. The molecule has 0 radical (unpaired) electrons. The number of para-hydroxylation sites is 3. The molecule has 0 aromatic heterocycles. The Hall–Kier alpha value is -3.61. The van der Waals surface area contributed by atoms with E-state index < -0.39 is 10.0 Å². The number of carbonyl (C=O) groups excluding carboxylic acids is 1. The lowest BCUT2D eigenvalue weighted by Gasteiger charge is -2.26. The Balaban J connectivity index is 1.59. The number of carbonyl (C=O) groups is 1. The van der Waals surface area contributed by atoms with Crippen LogP contribution in [0.3, 0.4) is 0 Å². The number of amides is 1. The van der Waals surface area contributed by atoms with Gasteiger partial charge in [-0.05, 0) is 72.5 Å². The Labute approximate surface area is 203 Å². The van der Waals surface area contributed by atoms with Gasteiger partial charge in [0.2, 0.25) is 0 Å². The fraction of sp³-hybridized carbons (Fsp3) is 0.0741. The summed E-state index contributed by atoms with van der Waals surface area (Å²) in [5, 5.41) is 0.438. The molecule has 0 unspecified atom stereocenters. The number of aryl methyl sites for hydroxylation is 2. The van der Waals surface area contributed by atoms with Crippen LogP contribution in [0.15, 0.2) is 102 Å². The fourth-order valence-electron chi connectivity index (χ4n) is 4.20. The topological polar surface area (TPSA) is 66.5 Å². The van der Waals surface area contributed by atoms with Crippen LogP contribution in [-0.4, -0.2) is 14.3 Å². The lowest BCUT2D eigenvalue weighted by Crippen LogP contribution is -2.28. The molecule has 34 heavy (non-hydrogen) atoms. The van der Waals surface area contributed by atoms with E-state index in [1.54, 1.807) is 29.2 Å². The zero-order valence-electron chi connectivity index (χ0n) is 18.1. The standard InChI is InChI=1S/C27H21ClN2O3S/c28-21-15-17-22(18-16-21)34(32,33)29-24-10-4-3-9-23(24)27(31)30-25-11-5-1-7-19(25)13-14-20-8-2-6-12-26(20)30/h1-12,15-18,29H,13-14H2. The zero-order chi connectivity index (χ0) is 23.7. The molecule has 170 valence electrons. The van der Waals surface area contributed by atoms with Gasteiger partial charge in [-0.3, -0.25) is 14.4 Å². The van der Waals surface area contributed by atoms with Crippen LogP contribution < -0.4 is 9.62 Å². The highest BCUT2D eigenvalue weighted by molar-refractivity contribution is 7.92. The maximum absolute atomic E-state index is 14.0. The van der Waals surface area contributed by atoms with Crippen molar-refractivity contribution < 1.29 is 13.2 Å². The van der Waals surface area contributed by atoms with Gasteiger partial charge < -0.3 is 0 Å². The highest BCUT2D eigenvalue weighted by Crippen LogP contribution is 2.38. The second kappa shape index (κ2) is 8.97. The SMILES string of the molecule is O=C(c1ccccc1NS(=O)(=O)c1ccc(Cl)cc1)N1c2ccccc2CCc2ccccc21. The van der Waals surface area contributed by atoms with Crippen molar-refractivity contribution in [2.24, 2.45) is 0 Å². The predicted octanol–water partition coefficient (Wildman–Crippen LogP) is 6.22. The van der Waals surface area contributed by atoms with Gasteiger partial charge in [0.15, 0.2) is 0 Å². The molecule has 4 aromatic carbocycles. The van der Waals surface area contributed by atoms with Crippen LogP contribution in [0.25, 0.3) is 0 Å². The van der Waals surface area contributed by atoms with Gasteiger partial charge in [0.1, 0.15) is 0 Å². The summed E-state index contributed by atoms with van der Waals surface area (Å²) in [5.41, 5.74) is 4.19. The predicted molar refractivity (Wildman–Crippen MR) is 135 cm³/mol. The number of benzene rings is 4. The number of nitrogens with one attached hydrogen (secondary N) is 1. The number of rotatable bonds is 4. The Kier molecular flexibility index (Phi) is 5.86. The van der Waals surface area contributed by atoms with Crippen molar-refractivity contribution in [1.82, 2.24) is 0 Å². The maximum atomic E-state index is 14.0. The molecule has 1 aliphatic rings. The summed E-state index contributed by atoms with van der Waals surface area (Å²) in [7, 11) is -3.92. The molecule has 5 nitrogen and oxygen atoms in total. The van der Waals surface area contributed by atoms with E-state index in [0.717, 1.165) is 35.3 Å². The molecule has 0 atom stereocenters. The Morgan fingerprint density at radius 2 is 1.26 bits per heavy atom. The zero-order valence-corrected chi connectivity index (χ0v) is 19.7. The van der Waals surface area contributed by atoms with Crippen molar-refractivity contribution in [3.63, 3.8) is 0 Å². The first kappa shape index (κ1) is 22.2. The first-order valence-electron chi connectivity index (χ1n) is 10.8. The Morgan fingerprint density at radius 3 is 1.88 bits per heavy atom. The molecule has 0 aliphatic carbocycles. The van der Waals surface area contributed by atoms with Crippen molar-refractivity contribution in [1.29, 1.82) is 0 Å². The molecule has 5 rings (SSSR count). The highest BCUT2D eigenvalue weighted by atomic mass is 35.5.